The number of rotatable bonds is 7. The number of hydrogen-bond acceptors (Lipinski definition) is 7. The number of carbonyl (C=O) groups excluding carboxylic acids is 1. The fourth-order valence-corrected chi connectivity index (χ4v) is 5.52. The lowest BCUT2D eigenvalue weighted by Crippen LogP contribution is -2.48. The number of benzene rings is 1. The highest BCUT2D eigenvalue weighted by Crippen LogP contribution is 2.31. The lowest BCUT2D eigenvalue weighted by atomic mass is 9.99. The Labute approximate surface area is 229 Å². The average molecular weight is 538 g/mol. The van der Waals surface area contributed by atoms with Gasteiger partial charge in [-0.15, -0.1) is 0 Å². The molecule has 0 unspecified atom stereocenters. The van der Waals surface area contributed by atoms with Crippen molar-refractivity contribution >= 4 is 29.1 Å². The van der Waals surface area contributed by atoms with E-state index in [2.05, 4.69) is 39.1 Å². The number of piperidine rings is 2. The Hall–Kier alpha value is -3.17. The summed E-state index contributed by atoms with van der Waals surface area (Å²) < 4.78 is 7.48. The fourth-order valence-electron chi connectivity index (χ4n) is 5.32. The van der Waals surface area contributed by atoms with Crippen LogP contribution in [0.1, 0.15) is 62.4 Å². The molecular weight excluding hydrogens is 502 g/mol. The number of methoxy groups -OCH3 is 1. The number of nitrogens with zero attached hydrogens (tertiary/aromatic N) is 6. The first-order chi connectivity index (χ1) is 18.4. The van der Waals surface area contributed by atoms with E-state index in [-0.39, 0.29) is 11.9 Å². The molecule has 2 aliphatic heterocycles. The zero-order valence-corrected chi connectivity index (χ0v) is 23.1. The van der Waals surface area contributed by atoms with Crippen molar-refractivity contribution in [1.29, 1.82) is 0 Å². The van der Waals surface area contributed by atoms with Crippen molar-refractivity contribution in [2.45, 2.75) is 58.0 Å². The van der Waals surface area contributed by atoms with E-state index < -0.39 is 0 Å². The van der Waals surface area contributed by atoms with E-state index in [0.29, 0.717) is 39.7 Å². The maximum absolute atomic E-state index is 13.3. The van der Waals surface area contributed by atoms with Crippen LogP contribution in [0.2, 0.25) is 5.02 Å². The van der Waals surface area contributed by atoms with Crippen LogP contribution in [-0.4, -0.2) is 74.8 Å². The van der Waals surface area contributed by atoms with E-state index in [4.69, 9.17) is 16.3 Å². The summed E-state index contributed by atoms with van der Waals surface area (Å²) in [5, 5.41) is 8.04. The van der Waals surface area contributed by atoms with Crippen LogP contribution in [-0.2, 0) is 0 Å². The maximum Gasteiger partial charge on any atom is 0.253 e. The molecule has 0 saturated carbocycles. The third kappa shape index (κ3) is 5.78. The van der Waals surface area contributed by atoms with Gasteiger partial charge in [-0.25, -0.2) is 9.97 Å². The van der Waals surface area contributed by atoms with Crippen LogP contribution in [0.5, 0.6) is 5.75 Å². The standard InChI is InChI=1S/C28H36ClN7O2/c1-19(2)36-18-21(16-31-36)26-23(29)17-30-28(33-26)32-24-8-7-20(15-25(24)38-3)27(37)35-13-9-22(10-14-35)34-11-5-4-6-12-34/h7-8,15-19,22H,4-6,9-14H2,1-3H3,(H,30,32,33). The average Bonchev–Trinajstić information content (AvgIpc) is 3.45. The number of nitrogens with one attached hydrogen (secondary N) is 1. The molecule has 2 fully saturated rings. The van der Waals surface area contributed by atoms with Gasteiger partial charge >= 0.3 is 0 Å². The second-order valence-electron chi connectivity index (χ2n) is 10.4. The summed E-state index contributed by atoms with van der Waals surface area (Å²) in [6.07, 6.45) is 11.2. The van der Waals surface area contributed by atoms with Gasteiger partial charge in [0.1, 0.15) is 5.75 Å². The first-order valence-electron chi connectivity index (χ1n) is 13.5. The zero-order chi connectivity index (χ0) is 26.6. The third-order valence-corrected chi connectivity index (χ3v) is 7.78. The van der Waals surface area contributed by atoms with Gasteiger partial charge in [0.15, 0.2) is 0 Å². The van der Waals surface area contributed by atoms with Gasteiger partial charge < -0.3 is 19.9 Å². The van der Waals surface area contributed by atoms with Crippen LogP contribution in [0.25, 0.3) is 11.3 Å². The minimum atomic E-state index is 0.0409. The van der Waals surface area contributed by atoms with E-state index in [9.17, 15) is 4.79 Å². The van der Waals surface area contributed by atoms with Crippen molar-refractivity contribution in [2.75, 3.05) is 38.6 Å². The predicted molar refractivity (Wildman–Crippen MR) is 149 cm³/mol. The summed E-state index contributed by atoms with van der Waals surface area (Å²) in [5.74, 6) is 0.963. The van der Waals surface area contributed by atoms with Gasteiger partial charge in [-0.3, -0.25) is 9.48 Å². The second-order valence-corrected chi connectivity index (χ2v) is 10.8. The van der Waals surface area contributed by atoms with E-state index in [1.165, 1.54) is 32.4 Å². The summed E-state index contributed by atoms with van der Waals surface area (Å²) in [6.45, 7) is 8.09. The maximum atomic E-state index is 13.3. The minimum absolute atomic E-state index is 0.0409. The predicted octanol–water partition coefficient (Wildman–Crippen LogP) is 5.42. The van der Waals surface area contributed by atoms with Crippen LogP contribution in [0.3, 0.4) is 0 Å². The molecule has 4 heterocycles. The molecule has 5 rings (SSSR count). The quantitative estimate of drug-likeness (QED) is 0.430. The molecule has 1 aromatic carbocycles. The van der Waals surface area contributed by atoms with Crippen LogP contribution in [0.15, 0.2) is 36.8 Å². The van der Waals surface area contributed by atoms with Crippen LogP contribution < -0.4 is 10.1 Å². The van der Waals surface area contributed by atoms with E-state index in [0.717, 1.165) is 31.5 Å². The monoisotopic (exact) mass is 537 g/mol. The van der Waals surface area contributed by atoms with Gasteiger partial charge in [-0.05, 0) is 70.8 Å². The zero-order valence-electron chi connectivity index (χ0n) is 22.4. The van der Waals surface area contributed by atoms with Gasteiger partial charge in [0.25, 0.3) is 5.91 Å². The van der Waals surface area contributed by atoms with Crippen molar-refractivity contribution < 1.29 is 9.53 Å². The van der Waals surface area contributed by atoms with Crippen molar-refractivity contribution in [3.8, 4) is 17.0 Å². The van der Waals surface area contributed by atoms with Gasteiger partial charge in [0.2, 0.25) is 5.95 Å². The van der Waals surface area contributed by atoms with Crippen LogP contribution in [0, 0.1) is 0 Å². The molecule has 1 N–H and O–H groups in total. The molecule has 0 atom stereocenters. The first-order valence-corrected chi connectivity index (χ1v) is 13.9. The number of carbonyl (C=O) groups is 1. The van der Waals surface area contributed by atoms with Crippen molar-refractivity contribution in [3.05, 3.63) is 47.4 Å². The Morgan fingerprint density at radius 2 is 1.87 bits per heavy atom. The number of aromatic nitrogens is 4. The number of ether oxygens (including phenoxy) is 1. The number of anilines is 2. The van der Waals surface area contributed by atoms with E-state index in [1.807, 2.05) is 27.9 Å². The highest BCUT2D eigenvalue weighted by atomic mass is 35.5. The Morgan fingerprint density at radius 1 is 1.11 bits per heavy atom. The third-order valence-electron chi connectivity index (χ3n) is 7.50. The molecule has 0 bridgehead atoms. The number of halogens is 1. The molecule has 3 aromatic rings. The molecule has 0 radical (unpaired) electrons. The van der Waals surface area contributed by atoms with Gasteiger partial charge in [-0.2, -0.15) is 5.10 Å². The SMILES string of the molecule is COc1cc(C(=O)N2CCC(N3CCCCC3)CC2)ccc1Nc1ncc(Cl)c(-c2cnn(C(C)C)c2)n1. The van der Waals surface area contributed by atoms with Gasteiger partial charge in [-0.1, -0.05) is 18.0 Å². The van der Waals surface area contributed by atoms with Gasteiger partial charge in [0, 0.05) is 42.5 Å². The lowest BCUT2D eigenvalue weighted by molar-refractivity contribution is 0.0589. The first kappa shape index (κ1) is 26.4. The Balaban J connectivity index is 1.27. The van der Waals surface area contributed by atoms with Gasteiger partial charge in [0.05, 0.1) is 35.9 Å². The summed E-state index contributed by atoms with van der Waals surface area (Å²) in [4.78, 5) is 26.8. The Morgan fingerprint density at radius 3 is 2.55 bits per heavy atom. The number of hydrogen-bond donors (Lipinski definition) is 1. The topological polar surface area (TPSA) is 88.4 Å². The molecule has 9 nitrogen and oxygen atoms in total. The number of amides is 1. The molecule has 38 heavy (non-hydrogen) atoms. The highest BCUT2D eigenvalue weighted by Gasteiger charge is 2.28. The molecule has 0 aliphatic carbocycles. The minimum Gasteiger partial charge on any atom is -0.495 e. The molecule has 2 aliphatic rings. The fraction of sp³-hybridized carbons (Fsp3) is 0.500. The van der Waals surface area contributed by atoms with Crippen LogP contribution in [0.4, 0.5) is 11.6 Å². The molecular formula is C28H36ClN7O2. The molecule has 2 aromatic heterocycles. The Bertz CT molecular complexity index is 1260. The summed E-state index contributed by atoms with van der Waals surface area (Å²) >= 11 is 6.40. The molecule has 2 saturated heterocycles. The summed E-state index contributed by atoms with van der Waals surface area (Å²) in [6, 6.07) is 6.28. The van der Waals surface area contributed by atoms with E-state index in [1.54, 1.807) is 25.6 Å². The van der Waals surface area contributed by atoms with Crippen molar-refractivity contribution in [2.24, 2.45) is 0 Å². The molecule has 10 heteroatoms. The van der Waals surface area contributed by atoms with Crippen molar-refractivity contribution in [3.63, 3.8) is 0 Å². The Kier molecular flexibility index (Phi) is 8.14. The molecule has 1 amide bonds. The summed E-state index contributed by atoms with van der Waals surface area (Å²) in [7, 11) is 1.59. The van der Waals surface area contributed by atoms with Crippen molar-refractivity contribution in [1.82, 2.24) is 29.5 Å². The molecule has 0 spiro atoms. The van der Waals surface area contributed by atoms with E-state index >= 15 is 0 Å². The molecule has 202 valence electrons. The summed E-state index contributed by atoms with van der Waals surface area (Å²) in [5.41, 5.74) is 2.68. The normalized spacial score (nSPS) is 17.1. The number of likely N-dealkylation sites (tertiary alicyclic amines) is 2. The highest BCUT2D eigenvalue weighted by molar-refractivity contribution is 6.32. The largest absolute Gasteiger partial charge is 0.495 e. The van der Waals surface area contributed by atoms with Crippen LogP contribution >= 0.6 is 11.6 Å². The smallest absolute Gasteiger partial charge is 0.253 e. The second kappa shape index (κ2) is 11.7. The lowest BCUT2D eigenvalue weighted by Gasteiger charge is -2.40.